The van der Waals surface area contributed by atoms with E-state index in [1.807, 2.05) is 17.9 Å². The van der Waals surface area contributed by atoms with Crippen LogP contribution in [-0.2, 0) is 27.0 Å². The molecule has 0 aliphatic carbocycles. The number of ether oxygens (including phenoxy) is 1. The highest BCUT2D eigenvalue weighted by molar-refractivity contribution is 7.92. The van der Waals surface area contributed by atoms with E-state index in [4.69, 9.17) is 9.84 Å². The Balaban J connectivity index is 1.37. The molecule has 5 rings (SSSR count). The Hall–Kier alpha value is -4.19. The van der Waals surface area contributed by atoms with Gasteiger partial charge in [0, 0.05) is 38.0 Å². The van der Waals surface area contributed by atoms with Crippen LogP contribution in [0, 0.1) is 0 Å². The van der Waals surface area contributed by atoms with Gasteiger partial charge in [-0.15, -0.1) is 0 Å². The number of anilines is 4. The zero-order valence-electron chi connectivity index (χ0n) is 20.3. The summed E-state index contributed by atoms with van der Waals surface area (Å²) in [6.45, 7) is 2.11. The van der Waals surface area contributed by atoms with Crippen LogP contribution in [0.2, 0.25) is 0 Å². The fraction of sp³-hybridized carbons (Fsp3) is 0.280. The summed E-state index contributed by atoms with van der Waals surface area (Å²) < 4.78 is 31.8. The van der Waals surface area contributed by atoms with Crippen molar-refractivity contribution in [3.63, 3.8) is 0 Å². The lowest BCUT2D eigenvalue weighted by Gasteiger charge is -2.22. The second kappa shape index (κ2) is 9.36. The number of hydrogen-bond acceptors (Lipinski definition) is 8. The molecule has 1 N–H and O–H groups in total. The number of pyridine rings is 2. The smallest absolute Gasteiger partial charge is 0.324 e. The van der Waals surface area contributed by atoms with E-state index < -0.39 is 22.5 Å². The molecule has 2 aromatic heterocycles. The van der Waals surface area contributed by atoms with Gasteiger partial charge >= 0.3 is 5.97 Å². The maximum atomic E-state index is 13.3. The predicted molar refractivity (Wildman–Crippen MR) is 137 cm³/mol. The van der Waals surface area contributed by atoms with Gasteiger partial charge in [0.05, 0.1) is 23.5 Å². The van der Waals surface area contributed by atoms with Crippen molar-refractivity contribution in [3.05, 3.63) is 65.5 Å². The van der Waals surface area contributed by atoms with Crippen LogP contribution in [-0.4, -0.2) is 62.1 Å². The van der Waals surface area contributed by atoms with Crippen LogP contribution in [0.25, 0.3) is 0 Å². The molecule has 3 aromatic rings. The lowest BCUT2D eigenvalue weighted by atomic mass is 10.1. The highest BCUT2D eigenvalue weighted by Crippen LogP contribution is 2.40. The quantitative estimate of drug-likeness (QED) is 0.496. The molecule has 0 bridgehead atoms. The summed E-state index contributed by atoms with van der Waals surface area (Å²) >= 11 is 0. The predicted octanol–water partition coefficient (Wildman–Crippen LogP) is 2.58. The third-order valence-electron chi connectivity index (χ3n) is 6.38. The number of nitrogens with zero attached hydrogens (tertiary/aromatic N) is 5. The summed E-state index contributed by atoms with van der Waals surface area (Å²) in [6.07, 6.45) is 3.80. The minimum Gasteiger partial charge on any atom is -0.493 e. The van der Waals surface area contributed by atoms with Gasteiger partial charge in [0.1, 0.15) is 23.9 Å². The van der Waals surface area contributed by atoms with Crippen molar-refractivity contribution in [1.29, 1.82) is 0 Å². The van der Waals surface area contributed by atoms with Crippen LogP contribution < -0.4 is 18.8 Å². The molecule has 0 unspecified atom stereocenters. The van der Waals surface area contributed by atoms with Crippen molar-refractivity contribution in [2.24, 2.45) is 0 Å². The van der Waals surface area contributed by atoms with E-state index in [9.17, 15) is 18.0 Å². The normalized spacial score (nSPS) is 15.6. The molecule has 11 nitrogen and oxygen atoms in total. The number of aliphatic carboxylic acids is 1. The fourth-order valence-corrected chi connectivity index (χ4v) is 6.21. The maximum Gasteiger partial charge on any atom is 0.324 e. The molecule has 4 heterocycles. The summed E-state index contributed by atoms with van der Waals surface area (Å²) in [4.78, 5) is 37.0. The molecule has 0 radical (unpaired) electrons. The van der Waals surface area contributed by atoms with Crippen LogP contribution in [0.1, 0.15) is 28.4 Å². The number of carbonyl (C=O) groups excluding carboxylic acids is 1. The Bertz CT molecular complexity index is 1510. The van der Waals surface area contributed by atoms with E-state index in [-0.39, 0.29) is 18.3 Å². The van der Waals surface area contributed by atoms with Crippen molar-refractivity contribution >= 4 is 44.9 Å². The molecule has 37 heavy (non-hydrogen) atoms. The Morgan fingerprint density at radius 2 is 1.92 bits per heavy atom. The van der Waals surface area contributed by atoms with Gasteiger partial charge in [0.2, 0.25) is 10.0 Å². The van der Waals surface area contributed by atoms with E-state index in [1.54, 1.807) is 54.7 Å². The average molecular weight is 524 g/mol. The molecule has 0 spiro atoms. The number of rotatable bonds is 7. The highest BCUT2D eigenvalue weighted by Gasteiger charge is 2.36. The Kier molecular flexibility index (Phi) is 6.20. The number of sulfonamides is 1. The van der Waals surface area contributed by atoms with Gasteiger partial charge in [0.25, 0.3) is 5.91 Å². The topological polar surface area (TPSA) is 133 Å². The summed E-state index contributed by atoms with van der Waals surface area (Å²) in [7, 11) is -2.08. The molecule has 0 saturated heterocycles. The van der Waals surface area contributed by atoms with Crippen molar-refractivity contribution in [2.75, 3.05) is 40.8 Å². The van der Waals surface area contributed by atoms with E-state index >= 15 is 0 Å². The first-order chi connectivity index (χ1) is 17.7. The first-order valence-corrected chi connectivity index (χ1v) is 13.3. The molecule has 192 valence electrons. The van der Waals surface area contributed by atoms with E-state index in [2.05, 4.69) is 9.97 Å². The number of carboxylic acids is 1. The molecule has 0 atom stereocenters. The van der Waals surface area contributed by atoms with Crippen LogP contribution in [0.15, 0.2) is 48.8 Å². The number of amides is 1. The molecule has 1 amide bonds. The SMILES string of the molecule is CCN1c2ncc(CCOc3cccc4c3CS(=O)(=O)N4CC(=O)O)cc2C(=O)N(C)c2cccnc21. The summed E-state index contributed by atoms with van der Waals surface area (Å²) in [6, 6.07) is 10.3. The zero-order chi connectivity index (χ0) is 26.3. The van der Waals surface area contributed by atoms with Gasteiger partial charge in [0.15, 0.2) is 5.82 Å². The Morgan fingerprint density at radius 3 is 2.68 bits per heavy atom. The van der Waals surface area contributed by atoms with E-state index in [0.29, 0.717) is 52.9 Å². The molecule has 0 saturated carbocycles. The molecule has 2 aliphatic heterocycles. The number of carboxylic acid groups (broad SMARTS) is 1. The molecule has 0 fully saturated rings. The summed E-state index contributed by atoms with van der Waals surface area (Å²) in [5, 5.41) is 9.11. The first-order valence-electron chi connectivity index (χ1n) is 11.7. The van der Waals surface area contributed by atoms with E-state index in [0.717, 1.165) is 9.87 Å². The highest BCUT2D eigenvalue weighted by atomic mass is 32.2. The fourth-order valence-electron chi connectivity index (χ4n) is 4.62. The standard InChI is InChI=1S/C25H25N5O6S/c1-3-29-23-17(25(33)28(2)20-7-5-10-26-24(20)29)12-16(13-27-23)9-11-36-21-8-4-6-19-18(21)15-37(34,35)30(19)14-22(31)32/h4-8,10,12-13H,3,9,11,14-15H2,1-2H3,(H,31,32). The molecule has 12 heteroatoms. The number of fused-ring (bicyclic) bond motifs is 3. The lowest BCUT2D eigenvalue weighted by Crippen LogP contribution is -2.32. The Morgan fingerprint density at radius 1 is 1.14 bits per heavy atom. The molecular weight excluding hydrogens is 498 g/mol. The maximum absolute atomic E-state index is 13.3. The van der Waals surface area contributed by atoms with Gasteiger partial charge in [-0.2, -0.15) is 0 Å². The number of carbonyl (C=O) groups is 2. The van der Waals surface area contributed by atoms with Gasteiger partial charge in [-0.05, 0) is 42.8 Å². The second-order valence-corrected chi connectivity index (χ2v) is 10.6. The number of hydrogen-bond donors (Lipinski definition) is 1. The third kappa shape index (κ3) is 4.33. The van der Waals surface area contributed by atoms with Crippen LogP contribution in [0.3, 0.4) is 0 Å². The number of aromatic nitrogens is 2. The minimum absolute atomic E-state index is 0.194. The van der Waals surface area contributed by atoms with Crippen LogP contribution in [0.5, 0.6) is 5.75 Å². The van der Waals surface area contributed by atoms with Crippen molar-refractivity contribution < 1.29 is 27.9 Å². The van der Waals surface area contributed by atoms with Crippen LogP contribution >= 0.6 is 0 Å². The molecular formula is C25H25N5O6S. The minimum atomic E-state index is -3.79. The van der Waals surface area contributed by atoms with E-state index in [1.165, 1.54) is 0 Å². The van der Waals surface area contributed by atoms with Crippen molar-refractivity contribution in [3.8, 4) is 5.75 Å². The summed E-state index contributed by atoms with van der Waals surface area (Å²) in [5.41, 5.74) is 2.68. The largest absolute Gasteiger partial charge is 0.493 e. The zero-order valence-corrected chi connectivity index (χ0v) is 21.1. The monoisotopic (exact) mass is 523 g/mol. The molecule has 2 aliphatic rings. The van der Waals surface area contributed by atoms with Crippen molar-refractivity contribution in [2.45, 2.75) is 19.1 Å². The number of benzene rings is 1. The summed E-state index contributed by atoms with van der Waals surface area (Å²) in [5.74, 6) is -0.182. The van der Waals surface area contributed by atoms with Gasteiger partial charge in [-0.1, -0.05) is 6.07 Å². The van der Waals surface area contributed by atoms with Gasteiger partial charge in [-0.3, -0.25) is 13.9 Å². The van der Waals surface area contributed by atoms with Gasteiger partial charge < -0.3 is 19.6 Å². The van der Waals surface area contributed by atoms with Crippen LogP contribution in [0.4, 0.5) is 23.0 Å². The lowest BCUT2D eigenvalue weighted by molar-refractivity contribution is -0.135. The van der Waals surface area contributed by atoms with Crippen molar-refractivity contribution in [1.82, 2.24) is 9.97 Å². The first kappa shape index (κ1) is 24.5. The second-order valence-electron chi connectivity index (χ2n) is 8.68. The molecule has 1 aromatic carbocycles. The van der Waals surface area contributed by atoms with Gasteiger partial charge in [-0.25, -0.2) is 18.4 Å². The third-order valence-corrected chi connectivity index (χ3v) is 8.03. The average Bonchev–Trinajstić information content (AvgIpc) is 3.09. The Labute approximate surface area is 214 Å².